The molecular formula is C83H84. The zero-order chi connectivity index (χ0) is 58.4. The highest BCUT2D eigenvalue weighted by molar-refractivity contribution is 6.12. The Balaban J connectivity index is 1.30. The molecule has 0 aliphatic heterocycles. The van der Waals surface area contributed by atoms with Crippen molar-refractivity contribution in [2.24, 2.45) is 10.8 Å². The van der Waals surface area contributed by atoms with E-state index in [2.05, 4.69) is 310 Å². The molecule has 0 amide bonds. The molecule has 0 heterocycles. The van der Waals surface area contributed by atoms with Gasteiger partial charge in [-0.2, -0.15) is 0 Å². The molecule has 0 saturated carbocycles. The molecule has 0 spiro atoms. The first-order valence-corrected chi connectivity index (χ1v) is 30.8. The number of allylic oxidation sites excluding steroid dienone is 8. The van der Waals surface area contributed by atoms with E-state index < -0.39 is 10.8 Å². The third kappa shape index (κ3) is 8.19. The summed E-state index contributed by atoms with van der Waals surface area (Å²) in [7, 11) is 0. The molecule has 0 heteroatoms. The van der Waals surface area contributed by atoms with Crippen LogP contribution in [0.5, 0.6) is 0 Å². The first-order chi connectivity index (χ1) is 39.4. The van der Waals surface area contributed by atoms with Crippen LogP contribution in [0, 0.1) is 24.7 Å². The number of hydrogen-bond donors (Lipinski definition) is 0. The van der Waals surface area contributed by atoms with E-state index in [9.17, 15) is 0 Å². The first-order valence-electron chi connectivity index (χ1n) is 30.8. The zero-order valence-electron chi connectivity index (χ0n) is 52.1. The molecule has 9 aromatic carbocycles. The highest BCUT2D eigenvalue weighted by Crippen LogP contribution is 2.71. The van der Waals surface area contributed by atoms with Crippen LogP contribution in [0.2, 0.25) is 0 Å². The van der Waals surface area contributed by atoms with Crippen molar-refractivity contribution in [3.8, 4) is 22.3 Å². The summed E-state index contributed by atoms with van der Waals surface area (Å²) in [5.41, 5.74) is 25.4. The minimum atomic E-state index is -0.768. The van der Waals surface area contributed by atoms with Crippen molar-refractivity contribution in [1.82, 2.24) is 0 Å². The van der Waals surface area contributed by atoms with Gasteiger partial charge in [0.1, 0.15) is 0 Å². The molecular weight excluding hydrogens is 997 g/mol. The highest BCUT2D eigenvalue weighted by atomic mass is 14.6. The lowest BCUT2D eigenvalue weighted by Gasteiger charge is -2.46. The van der Waals surface area contributed by atoms with E-state index in [1.165, 1.54) is 133 Å². The van der Waals surface area contributed by atoms with Gasteiger partial charge in [-0.3, -0.25) is 0 Å². The van der Waals surface area contributed by atoms with Crippen LogP contribution in [0.25, 0.3) is 49.4 Å². The first kappa shape index (κ1) is 54.7. The SMILES string of the molecule is Cc1ccccc1-c1cc2c(c3ccccc13)C1=CCC3C(=C1C2(c1ccc(C(C)(C)C)cc1)c1ccc(C(C)(C)C)cc1)C(C1=CCC(C)(C(C)(C)C)C=C1)(c1ccc(C(C)(C)C)cc1)c1cc(-c2ccccc2C)c2ccccc2c13. The summed E-state index contributed by atoms with van der Waals surface area (Å²) in [6.45, 7) is 35.6. The lowest BCUT2D eigenvalue weighted by atomic mass is 9.56. The second-order valence-corrected chi connectivity index (χ2v) is 29.5. The zero-order valence-corrected chi connectivity index (χ0v) is 52.1. The standard InChI is InChI=1S/C83H84/c1-52-24-16-18-26-61(52)69-50-71-73(65-30-22-20-28-63(65)69)67-44-45-68-74-66-31-23-21-29-64(66)70(62-27-19-17-25-53(62)2)51-72(74)83(59-42-36-56(37-43-59)79(9,10)11,60-46-48-81(15,49-47-60)80(12,13)14)76(68)75(67)82(71,57-38-32-54(33-39-57)77(3,4)5)58-40-34-55(35-41-58)78(6,7)8/h16-44,46-48,50-51,68H,45,49H2,1-15H3. The maximum atomic E-state index is 2.71. The molecule has 0 nitrogen and oxygen atoms in total. The topological polar surface area (TPSA) is 0 Å². The molecule has 9 aromatic rings. The Morgan fingerprint density at radius 2 is 0.843 bits per heavy atom. The van der Waals surface area contributed by atoms with Crippen molar-refractivity contribution in [2.45, 2.75) is 150 Å². The molecule has 13 rings (SSSR count). The van der Waals surface area contributed by atoms with E-state index in [-0.39, 0.29) is 33.0 Å². The van der Waals surface area contributed by atoms with E-state index in [4.69, 9.17) is 0 Å². The minimum Gasteiger partial charge on any atom is -0.0789 e. The summed E-state index contributed by atoms with van der Waals surface area (Å²) in [5.74, 6) is 0.0468. The molecule has 0 N–H and O–H groups in total. The molecule has 0 fully saturated rings. The lowest BCUT2D eigenvalue weighted by molar-refractivity contribution is 0.169. The molecule has 83 heavy (non-hydrogen) atoms. The van der Waals surface area contributed by atoms with Crippen LogP contribution in [0.3, 0.4) is 0 Å². The van der Waals surface area contributed by atoms with Crippen LogP contribution in [0.1, 0.15) is 176 Å². The summed E-state index contributed by atoms with van der Waals surface area (Å²) in [5, 5.41) is 5.28. The maximum absolute atomic E-state index is 2.71. The summed E-state index contributed by atoms with van der Waals surface area (Å²) < 4.78 is 0. The third-order valence-corrected chi connectivity index (χ3v) is 20.7. The van der Waals surface area contributed by atoms with Crippen molar-refractivity contribution >= 4 is 27.1 Å². The van der Waals surface area contributed by atoms with Gasteiger partial charge >= 0.3 is 0 Å². The Morgan fingerprint density at radius 1 is 0.422 bits per heavy atom. The molecule has 4 aliphatic carbocycles. The second-order valence-electron chi connectivity index (χ2n) is 29.5. The lowest BCUT2D eigenvalue weighted by Crippen LogP contribution is -2.38. The number of rotatable bonds is 6. The average molecular weight is 1080 g/mol. The highest BCUT2D eigenvalue weighted by Gasteiger charge is 2.61. The van der Waals surface area contributed by atoms with Crippen LogP contribution < -0.4 is 0 Å². The molecule has 0 radical (unpaired) electrons. The largest absolute Gasteiger partial charge is 0.0789 e. The minimum absolute atomic E-state index is 0.0340. The number of hydrogen-bond acceptors (Lipinski definition) is 0. The monoisotopic (exact) mass is 1080 g/mol. The summed E-state index contributed by atoms with van der Waals surface area (Å²) in [4.78, 5) is 0. The van der Waals surface area contributed by atoms with Gasteiger partial charge in [0.05, 0.1) is 10.8 Å². The normalized spacial score (nSPS) is 20.3. The van der Waals surface area contributed by atoms with Crippen LogP contribution >= 0.6 is 0 Å². The Hall–Kier alpha value is -7.54. The van der Waals surface area contributed by atoms with Gasteiger partial charge in [-0.15, -0.1) is 0 Å². The predicted octanol–water partition coefficient (Wildman–Crippen LogP) is 22.3. The van der Waals surface area contributed by atoms with Gasteiger partial charge in [0.2, 0.25) is 0 Å². The molecule has 0 aromatic heterocycles. The summed E-state index contributed by atoms with van der Waals surface area (Å²) >= 11 is 0. The molecule has 3 unspecified atom stereocenters. The van der Waals surface area contributed by atoms with E-state index in [0.29, 0.717) is 0 Å². The number of benzene rings is 9. The van der Waals surface area contributed by atoms with Gasteiger partial charge in [0.15, 0.2) is 0 Å². The quantitative estimate of drug-likeness (QED) is 0.156. The van der Waals surface area contributed by atoms with Crippen LogP contribution in [-0.4, -0.2) is 0 Å². The van der Waals surface area contributed by atoms with Crippen molar-refractivity contribution in [3.63, 3.8) is 0 Å². The molecule has 416 valence electrons. The van der Waals surface area contributed by atoms with Gasteiger partial charge in [0.25, 0.3) is 0 Å². The maximum Gasteiger partial charge on any atom is 0.0714 e. The van der Waals surface area contributed by atoms with Gasteiger partial charge in [-0.1, -0.05) is 284 Å². The molecule has 4 aliphatic rings. The van der Waals surface area contributed by atoms with E-state index in [1.54, 1.807) is 0 Å². The van der Waals surface area contributed by atoms with Gasteiger partial charge in [-0.25, -0.2) is 0 Å². The van der Waals surface area contributed by atoms with Crippen molar-refractivity contribution < 1.29 is 0 Å². The van der Waals surface area contributed by atoms with Gasteiger partial charge in [0, 0.05) is 5.92 Å². The van der Waals surface area contributed by atoms with Crippen LogP contribution in [0.4, 0.5) is 0 Å². The Kier molecular flexibility index (Phi) is 12.5. The van der Waals surface area contributed by atoms with Crippen LogP contribution in [0.15, 0.2) is 223 Å². The average Bonchev–Trinajstić information content (AvgIpc) is 1.64. The smallest absolute Gasteiger partial charge is 0.0714 e. The third-order valence-electron chi connectivity index (χ3n) is 20.7. The predicted molar refractivity (Wildman–Crippen MR) is 356 cm³/mol. The molecule has 0 saturated heterocycles. The second kappa shape index (κ2) is 19.0. The van der Waals surface area contributed by atoms with E-state index in [0.717, 1.165) is 12.8 Å². The molecule has 0 bridgehead atoms. The van der Waals surface area contributed by atoms with Crippen LogP contribution in [-0.2, 0) is 27.1 Å². The number of fused-ring (bicyclic) bond motifs is 10. The van der Waals surface area contributed by atoms with Crippen molar-refractivity contribution in [2.75, 3.05) is 0 Å². The van der Waals surface area contributed by atoms with Crippen molar-refractivity contribution in [3.05, 3.63) is 290 Å². The fourth-order valence-electron chi connectivity index (χ4n) is 15.4. The Morgan fingerprint density at radius 3 is 1.29 bits per heavy atom. The number of aryl methyl sites for hydroxylation is 2. The van der Waals surface area contributed by atoms with Crippen molar-refractivity contribution in [1.29, 1.82) is 0 Å². The fourth-order valence-corrected chi connectivity index (χ4v) is 15.4. The molecule has 3 atom stereocenters. The Bertz CT molecular complexity index is 4170. The van der Waals surface area contributed by atoms with Gasteiger partial charge in [-0.05, 0) is 199 Å². The Labute approximate surface area is 496 Å². The van der Waals surface area contributed by atoms with E-state index in [1.807, 2.05) is 0 Å². The summed E-state index contributed by atoms with van der Waals surface area (Å²) in [6.07, 6.45) is 12.5. The van der Waals surface area contributed by atoms with Gasteiger partial charge < -0.3 is 0 Å². The fraction of sp³-hybridized carbons (Fsp3) is 0.301. The van der Waals surface area contributed by atoms with E-state index >= 15 is 0 Å². The summed E-state index contributed by atoms with van der Waals surface area (Å²) in [6, 6.07) is 72.3.